The Morgan fingerprint density at radius 1 is 1.10 bits per heavy atom. The van der Waals surface area contributed by atoms with Crippen LogP contribution in [0.25, 0.3) is 0 Å². The highest BCUT2D eigenvalue weighted by Gasteiger charge is 2.30. The number of carbonyl (C=O) groups is 2. The zero-order chi connectivity index (χ0) is 23.0. The quantitative estimate of drug-likeness (QED) is 0.403. The van der Waals surface area contributed by atoms with E-state index in [1.54, 1.807) is 37.3 Å². The first-order chi connectivity index (χ1) is 14.8. The molecule has 9 heteroatoms. The van der Waals surface area contributed by atoms with Gasteiger partial charge in [0, 0.05) is 40.3 Å². The first-order valence-corrected chi connectivity index (χ1v) is 10.8. The van der Waals surface area contributed by atoms with Gasteiger partial charge in [-0.2, -0.15) is 0 Å². The van der Waals surface area contributed by atoms with Crippen molar-refractivity contribution in [2.45, 2.75) is 45.7 Å². The number of amides is 2. The monoisotopic (exact) mass is 465 g/mol. The van der Waals surface area contributed by atoms with E-state index in [1.165, 1.54) is 17.0 Å². The van der Waals surface area contributed by atoms with Crippen LogP contribution in [0.15, 0.2) is 42.5 Å². The summed E-state index contributed by atoms with van der Waals surface area (Å²) in [5.41, 5.74) is 0.648. The third-order valence-corrected chi connectivity index (χ3v) is 5.56. The Balaban J connectivity index is 2.42. The summed E-state index contributed by atoms with van der Waals surface area (Å²) < 4.78 is 0. The number of carbonyl (C=O) groups excluding carboxylic acids is 2. The number of halogens is 2. The maximum atomic E-state index is 13.3. The molecule has 1 N–H and O–H groups in total. The molecule has 0 heterocycles. The normalized spacial score (nSPS) is 11.6. The first-order valence-electron chi connectivity index (χ1n) is 10.0. The smallest absolute Gasteiger partial charge is 0.273 e. The molecule has 0 bridgehead atoms. The fourth-order valence-corrected chi connectivity index (χ4v) is 3.76. The van der Waals surface area contributed by atoms with Crippen molar-refractivity contribution in [3.8, 4) is 0 Å². The molecule has 0 aliphatic carbocycles. The van der Waals surface area contributed by atoms with Crippen molar-refractivity contribution in [2.24, 2.45) is 0 Å². The molecular formula is C22H25Cl2N3O4. The lowest BCUT2D eigenvalue weighted by atomic mass is 10.1. The predicted octanol–water partition coefficient (Wildman–Crippen LogP) is 4.78. The number of nitrogens with one attached hydrogen (secondary N) is 1. The second kappa shape index (κ2) is 11.7. The average molecular weight is 466 g/mol. The van der Waals surface area contributed by atoms with Gasteiger partial charge < -0.3 is 10.2 Å². The molecule has 7 nitrogen and oxygen atoms in total. The van der Waals surface area contributed by atoms with Gasteiger partial charge in [-0.3, -0.25) is 19.7 Å². The van der Waals surface area contributed by atoms with Crippen molar-refractivity contribution >= 4 is 40.7 Å². The number of hydrogen-bond donors (Lipinski definition) is 1. The molecule has 166 valence electrons. The molecular weight excluding hydrogens is 441 g/mol. The lowest BCUT2D eigenvalue weighted by Crippen LogP contribution is -2.49. The number of nitrogens with zero attached hydrogens (tertiary/aromatic N) is 2. The minimum atomic E-state index is -0.769. The minimum absolute atomic E-state index is 0.00994. The molecule has 0 spiro atoms. The molecule has 2 aromatic carbocycles. The van der Waals surface area contributed by atoms with Crippen molar-refractivity contribution in [3.63, 3.8) is 0 Å². The maximum absolute atomic E-state index is 13.3. The molecule has 0 aliphatic rings. The van der Waals surface area contributed by atoms with Crippen LogP contribution in [0.3, 0.4) is 0 Å². The van der Waals surface area contributed by atoms with E-state index in [4.69, 9.17) is 23.2 Å². The highest BCUT2D eigenvalue weighted by molar-refractivity contribution is 6.36. The van der Waals surface area contributed by atoms with E-state index in [2.05, 4.69) is 5.32 Å². The summed E-state index contributed by atoms with van der Waals surface area (Å²) >= 11 is 12.6. The summed E-state index contributed by atoms with van der Waals surface area (Å²) in [4.78, 5) is 38.3. The second-order valence-electron chi connectivity index (χ2n) is 7.00. The fraction of sp³-hybridized carbons (Fsp3) is 0.364. The SMILES string of the molecule is CCCNC(=O)C(CC)N(Cc1c(Cl)cccc1Cl)C(=O)Cc1ccccc1[N+](=O)[O-]. The van der Waals surface area contributed by atoms with Crippen molar-refractivity contribution < 1.29 is 14.5 Å². The van der Waals surface area contributed by atoms with Crippen molar-refractivity contribution in [2.75, 3.05) is 6.54 Å². The van der Waals surface area contributed by atoms with Gasteiger partial charge in [-0.1, -0.05) is 61.3 Å². The van der Waals surface area contributed by atoms with E-state index >= 15 is 0 Å². The van der Waals surface area contributed by atoms with E-state index in [9.17, 15) is 19.7 Å². The van der Waals surface area contributed by atoms with Crippen LogP contribution in [0.1, 0.15) is 37.8 Å². The molecule has 1 atom stereocenters. The Morgan fingerprint density at radius 2 is 1.74 bits per heavy atom. The zero-order valence-corrected chi connectivity index (χ0v) is 18.9. The molecule has 31 heavy (non-hydrogen) atoms. The summed E-state index contributed by atoms with van der Waals surface area (Å²) in [6.45, 7) is 4.22. The van der Waals surface area contributed by atoms with Crippen LogP contribution in [0, 0.1) is 10.1 Å². The molecule has 0 aliphatic heterocycles. The number of hydrogen-bond acceptors (Lipinski definition) is 4. The van der Waals surface area contributed by atoms with Gasteiger partial charge in [0.05, 0.1) is 11.3 Å². The van der Waals surface area contributed by atoms with Gasteiger partial charge in [0.15, 0.2) is 0 Å². The number of rotatable bonds is 10. The topological polar surface area (TPSA) is 92.6 Å². The summed E-state index contributed by atoms with van der Waals surface area (Å²) in [5.74, 6) is -0.716. The minimum Gasteiger partial charge on any atom is -0.354 e. The lowest BCUT2D eigenvalue weighted by molar-refractivity contribution is -0.385. The van der Waals surface area contributed by atoms with Crippen LogP contribution in [0.5, 0.6) is 0 Å². The van der Waals surface area contributed by atoms with Crippen LogP contribution >= 0.6 is 23.2 Å². The number of benzene rings is 2. The Labute approximate surface area is 191 Å². The molecule has 2 aromatic rings. The van der Waals surface area contributed by atoms with Crippen LogP contribution in [0.2, 0.25) is 10.0 Å². The van der Waals surface area contributed by atoms with E-state index in [0.29, 0.717) is 28.6 Å². The molecule has 0 radical (unpaired) electrons. The zero-order valence-electron chi connectivity index (χ0n) is 17.4. The van der Waals surface area contributed by atoms with E-state index in [1.807, 2.05) is 6.92 Å². The summed E-state index contributed by atoms with van der Waals surface area (Å²) in [6, 6.07) is 10.3. The molecule has 2 rings (SSSR count). The molecule has 2 amide bonds. The van der Waals surface area contributed by atoms with E-state index in [-0.39, 0.29) is 30.1 Å². The van der Waals surface area contributed by atoms with Gasteiger partial charge >= 0.3 is 0 Å². The first kappa shape index (κ1) is 24.6. The standard InChI is InChI=1S/C22H25Cl2N3O4/c1-3-12-25-22(29)19(4-2)26(14-16-17(23)9-7-10-18(16)24)21(28)13-15-8-5-6-11-20(15)27(30)31/h5-11,19H,3-4,12-14H2,1-2H3,(H,25,29). The van der Waals surface area contributed by atoms with Gasteiger partial charge in [0.2, 0.25) is 11.8 Å². The van der Waals surface area contributed by atoms with Gasteiger partial charge in [0.1, 0.15) is 6.04 Å². The highest BCUT2D eigenvalue weighted by atomic mass is 35.5. The second-order valence-corrected chi connectivity index (χ2v) is 7.81. The summed E-state index contributed by atoms with van der Waals surface area (Å²) in [7, 11) is 0. The Hall–Kier alpha value is -2.64. The van der Waals surface area contributed by atoms with Crippen LogP contribution in [0.4, 0.5) is 5.69 Å². The lowest BCUT2D eigenvalue weighted by Gasteiger charge is -2.31. The van der Waals surface area contributed by atoms with Gasteiger partial charge in [0.25, 0.3) is 5.69 Å². The fourth-order valence-electron chi connectivity index (χ4n) is 3.24. The number of para-hydroxylation sites is 1. The van der Waals surface area contributed by atoms with Crippen LogP contribution in [-0.2, 0) is 22.6 Å². The Kier molecular flexibility index (Phi) is 9.27. The molecule has 1 unspecified atom stereocenters. The van der Waals surface area contributed by atoms with Crippen molar-refractivity contribution in [1.29, 1.82) is 0 Å². The summed E-state index contributed by atoms with van der Waals surface area (Å²) in [6.07, 6.45) is 0.889. The van der Waals surface area contributed by atoms with Crippen LogP contribution in [-0.4, -0.2) is 34.2 Å². The number of nitro benzene ring substituents is 1. The highest BCUT2D eigenvalue weighted by Crippen LogP contribution is 2.28. The van der Waals surface area contributed by atoms with Crippen LogP contribution < -0.4 is 5.32 Å². The Morgan fingerprint density at radius 3 is 2.32 bits per heavy atom. The molecule has 0 fully saturated rings. The average Bonchev–Trinajstić information content (AvgIpc) is 2.74. The summed E-state index contributed by atoms with van der Waals surface area (Å²) in [5, 5.41) is 14.9. The van der Waals surface area contributed by atoms with Crippen molar-refractivity contribution in [1.82, 2.24) is 10.2 Å². The largest absolute Gasteiger partial charge is 0.354 e. The van der Waals surface area contributed by atoms with Gasteiger partial charge in [-0.25, -0.2) is 0 Å². The van der Waals surface area contributed by atoms with Gasteiger partial charge in [-0.15, -0.1) is 0 Å². The third-order valence-electron chi connectivity index (χ3n) is 4.86. The van der Waals surface area contributed by atoms with Crippen molar-refractivity contribution in [3.05, 3.63) is 73.8 Å². The van der Waals surface area contributed by atoms with E-state index in [0.717, 1.165) is 6.42 Å². The van der Waals surface area contributed by atoms with E-state index < -0.39 is 16.9 Å². The Bertz CT molecular complexity index is 932. The molecule has 0 aromatic heterocycles. The third kappa shape index (κ3) is 6.42. The molecule has 0 saturated heterocycles. The number of nitro groups is 1. The van der Waals surface area contributed by atoms with Gasteiger partial charge in [-0.05, 0) is 25.0 Å². The predicted molar refractivity (Wildman–Crippen MR) is 121 cm³/mol. The maximum Gasteiger partial charge on any atom is 0.273 e. The molecule has 0 saturated carbocycles.